The average Bonchev–Trinajstić information content (AvgIpc) is 3.33. The third-order valence-corrected chi connectivity index (χ3v) is 8.37. The number of nitrogens with zero attached hydrogens (tertiary/aromatic N) is 3. The predicted octanol–water partition coefficient (Wildman–Crippen LogP) is 9.45. The first-order valence-corrected chi connectivity index (χ1v) is 13.9. The first-order chi connectivity index (χ1) is 19.8. The van der Waals surface area contributed by atoms with E-state index in [1.54, 1.807) is 0 Å². The van der Waals surface area contributed by atoms with Crippen LogP contribution in [-0.4, -0.2) is 9.97 Å². The van der Waals surface area contributed by atoms with Crippen LogP contribution in [0.25, 0.3) is 44.9 Å². The van der Waals surface area contributed by atoms with Crippen LogP contribution < -0.4 is 4.90 Å². The zero-order valence-electron chi connectivity index (χ0n) is 22.2. The van der Waals surface area contributed by atoms with Gasteiger partial charge in [0.1, 0.15) is 0 Å². The van der Waals surface area contributed by atoms with Crippen molar-refractivity contribution in [3.63, 3.8) is 0 Å². The standard InChI is InChI=1S/C37H27N3/c1-24-29-22-21-28(25-13-5-2-6-14-25)23-32(29)40-31-20-12-11-19-30(31)33-34(26-15-7-3-8-16-26)38-37(39-35(33)36(24)40)27-17-9-4-10-18-27/h2-24,36H,1H3. The quantitative estimate of drug-likeness (QED) is 0.236. The minimum atomic E-state index is 0.0684. The number of hydrogen-bond acceptors (Lipinski definition) is 3. The maximum absolute atomic E-state index is 5.37. The van der Waals surface area contributed by atoms with Gasteiger partial charge in [0.25, 0.3) is 0 Å². The lowest BCUT2D eigenvalue weighted by molar-refractivity contribution is 0.606. The van der Waals surface area contributed by atoms with Gasteiger partial charge in [-0.3, -0.25) is 0 Å². The summed E-state index contributed by atoms with van der Waals surface area (Å²) in [7, 11) is 0. The third-order valence-electron chi connectivity index (χ3n) is 8.37. The Labute approximate surface area is 234 Å². The lowest BCUT2D eigenvalue weighted by Gasteiger charge is -2.37. The second-order valence-corrected chi connectivity index (χ2v) is 10.6. The lowest BCUT2D eigenvalue weighted by Crippen LogP contribution is -2.28. The second-order valence-electron chi connectivity index (χ2n) is 10.6. The van der Waals surface area contributed by atoms with Crippen molar-refractivity contribution < 1.29 is 0 Å². The fourth-order valence-corrected chi connectivity index (χ4v) is 6.50. The van der Waals surface area contributed by atoms with Gasteiger partial charge in [0.05, 0.1) is 17.4 Å². The Morgan fingerprint density at radius 3 is 1.90 bits per heavy atom. The van der Waals surface area contributed by atoms with Gasteiger partial charge in [-0.15, -0.1) is 0 Å². The van der Waals surface area contributed by atoms with E-state index < -0.39 is 0 Å². The highest BCUT2D eigenvalue weighted by Crippen LogP contribution is 2.60. The summed E-state index contributed by atoms with van der Waals surface area (Å²) in [5.74, 6) is 1.03. The van der Waals surface area contributed by atoms with E-state index in [0.717, 1.165) is 33.9 Å². The highest BCUT2D eigenvalue weighted by Gasteiger charge is 2.45. The van der Waals surface area contributed by atoms with Gasteiger partial charge in [0.15, 0.2) is 5.82 Å². The van der Waals surface area contributed by atoms with Crippen LogP contribution in [0, 0.1) is 0 Å². The predicted molar refractivity (Wildman–Crippen MR) is 164 cm³/mol. The third kappa shape index (κ3) is 3.44. The fourth-order valence-electron chi connectivity index (χ4n) is 6.50. The molecule has 0 amide bonds. The van der Waals surface area contributed by atoms with E-state index in [2.05, 4.69) is 139 Å². The molecule has 6 aromatic rings. The van der Waals surface area contributed by atoms with Crippen LogP contribution in [0.1, 0.15) is 30.1 Å². The van der Waals surface area contributed by atoms with E-state index >= 15 is 0 Å². The van der Waals surface area contributed by atoms with Gasteiger partial charge < -0.3 is 4.90 Å². The molecule has 0 spiro atoms. The van der Waals surface area contributed by atoms with Crippen molar-refractivity contribution in [2.24, 2.45) is 0 Å². The summed E-state index contributed by atoms with van der Waals surface area (Å²) in [6.07, 6.45) is 0. The zero-order valence-corrected chi connectivity index (χ0v) is 22.2. The highest BCUT2D eigenvalue weighted by atomic mass is 15.2. The van der Waals surface area contributed by atoms with Crippen LogP contribution in [-0.2, 0) is 0 Å². The van der Waals surface area contributed by atoms with E-state index in [9.17, 15) is 0 Å². The van der Waals surface area contributed by atoms with Gasteiger partial charge >= 0.3 is 0 Å². The zero-order chi connectivity index (χ0) is 26.6. The Bertz CT molecular complexity index is 1860. The van der Waals surface area contributed by atoms with Crippen LogP contribution in [0.3, 0.4) is 0 Å². The number of para-hydroxylation sites is 1. The number of hydrogen-bond donors (Lipinski definition) is 0. The van der Waals surface area contributed by atoms with Gasteiger partial charge in [-0.05, 0) is 28.8 Å². The lowest BCUT2D eigenvalue weighted by atomic mass is 9.85. The fraction of sp³-hybridized carbons (Fsp3) is 0.0811. The molecule has 5 aromatic carbocycles. The first kappa shape index (κ1) is 22.9. The largest absolute Gasteiger partial charge is 0.331 e. The molecule has 2 unspecified atom stereocenters. The number of benzene rings is 5. The molecule has 0 saturated carbocycles. The molecule has 0 saturated heterocycles. The molecule has 2 aliphatic rings. The van der Waals surface area contributed by atoms with Crippen molar-refractivity contribution in [2.45, 2.75) is 18.9 Å². The normalized spacial score (nSPS) is 16.6. The van der Waals surface area contributed by atoms with Crippen molar-refractivity contribution in [2.75, 3.05) is 4.90 Å². The van der Waals surface area contributed by atoms with E-state index in [0.29, 0.717) is 0 Å². The monoisotopic (exact) mass is 513 g/mol. The van der Waals surface area contributed by atoms with Crippen LogP contribution >= 0.6 is 0 Å². The minimum Gasteiger partial charge on any atom is -0.331 e. The number of anilines is 2. The summed E-state index contributed by atoms with van der Waals surface area (Å²) >= 11 is 0. The molecule has 3 heteroatoms. The molecule has 0 aliphatic carbocycles. The van der Waals surface area contributed by atoms with Crippen molar-refractivity contribution in [3.8, 4) is 44.9 Å². The SMILES string of the molecule is CC1c2ccc(-c3ccccc3)cc2N2c3ccccc3-c3c(-c4ccccc4)nc(-c4ccccc4)nc3C12. The van der Waals surface area contributed by atoms with E-state index in [-0.39, 0.29) is 12.0 Å². The Morgan fingerprint density at radius 2 is 1.18 bits per heavy atom. The molecule has 3 heterocycles. The molecular weight excluding hydrogens is 486 g/mol. The van der Waals surface area contributed by atoms with Gasteiger partial charge in [-0.1, -0.05) is 128 Å². The van der Waals surface area contributed by atoms with E-state index in [4.69, 9.17) is 9.97 Å². The molecule has 40 heavy (non-hydrogen) atoms. The maximum Gasteiger partial charge on any atom is 0.160 e. The topological polar surface area (TPSA) is 29.0 Å². The maximum atomic E-state index is 5.37. The summed E-state index contributed by atoms with van der Waals surface area (Å²) < 4.78 is 0. The van der Waals surface area contributed by atoms with Crippen molar-refractivity contribution >= 4 is 11.4 Å². The van der Waals surface area contributed by atoms with Crippen LogP contribution in [0.4, 0.5) is 11.4 Å². The van der Waals surface area contributed by atoms with Crippen molar-refractivity contribution in [1.82, 2.24) is 9.97 Å². The van der Waals surface area contributed by atoms with Gasteiger partial charge in [-0.25, -0.2) is 9.97 Å². The second kappa shape index (κ2) is 9.03. The van der Waals surface area contributed by atoms with E-state index in [1.807, 2.05) is 6.07 Å². The molecule has 0 bridgehead atoms. The summed E-state index contributed by atoms with van der Waals surface area (Å²) in [4.78, 5) is 13.1. The molecule has 2 aliphatic heterocycles. The molecule has 0 radical (unpaired) electrons. The van der Waals surface area contributed by atoms with Gasteiger partial charge in [-0.2, -0.15) is 0 Å². The van der Waals surface area contributed by atoms with Gasteiger partial charge in [0.2, 0.25) is 0 Å². The molecule has 1 aromatic heterocycles. The van der Waals surface area contributed by atoms with Crippen molar-refractivity contribution in [1.29, 1.82) is 0 Å². The Balaban J connectivity index is 1.41. The molecule has 0 fully saturated rings. The van der Waals surface area contributed by atoms with Crippen molar-refractivity contribution in [3.05, 3.63) is 145 Å². The average molecular weight is 514 g/mol. The summed E-state index contributed by atoms with van der Waals surface area (Å²) in [6.45, 7) is 2.34. The smallest absolute Gasteiger partial charge is 0.160 e. The number of aromatic nitrogens is 2. The van der Waals surface area contributed by atoms with Crippen LogP contribution in [0.5, 0.6) is 0 Å². The Morgan fingerprint density at radius 1 is 0.550 bits per heavy atom. The molecular formula is C37H27N3. The summed E-state index contributed by atoms with van der Waals surface area (Å²) in [6, 6.07) is 47.3. The minimum absolute atomic E-state index is 0.0684. The number of rotatable bonds is 3. The Hall–Kier alpha value is -5.02. The molecule has 2 atom stereocenters. The van der Waals surface area contributed by atoms with Gasteiger partial charge in [0, 0.05) is 39.5 Å². The molecule has 190 valence electrons. The molecule has 0 N–H and O–H groups in total. The van der Waals surface area contributed by atoms with Crippen LogP contribution in [0.15, 0.2) is 133 Å². The summed E-state index contributed by atoms with van der Waals surface area (Å²) in [5.41, 5.74) is 12.8. The number of fused-ring (bicyclic) bond motifs is 8. The summed E-state index contributed by atoms with van der Waals surface area (Å²) in [5, 5.41) is 0. The Kier molecular flexibility index (Phi) is 5.17. The van der Waals surface area contributed by atoms with Crippen LogP contribution in [0.2, 0.25) is 0 Å². The molecule has 8 rings (SSSR count). The van der Waals surface area contributed by atoms with E-state index in [1.165, 1.54) is 33.6 Å². The molecule has 3 nitrogen and oxygen atoms in total. The highest BCUT2D eigenvalue weighted by molar-refractivity contribution is 5.97. The first-order valence-electron chi connectivity index (χ1n) is 13.9.